The number of ether oxygens (including phenoxy) is 1. The Morgan fingerprint density at radius 3 is 2.80 bits per heavy atom. The maximum absolute atomic E-state index is 12.3. The molecule has 0 aromatic heterocycles. The van der Waals surface area contributed by atoms with Gasteiger partial charge in [0.05, 0.1) is 18.5 Å². The topological polar surface area (TPSA) is 84.7 Å². The van der Waals surface area contributed by atoms with Crippen LogP contribution in [-0.4, -0.2) is 32.9 Å². The van der Waals surface area contributed by atoms with Gasteiger partial charge >= 0.3 is 10.2 Å². The van der Waals surface area contributed by atoms with Gasteiger partial charge in [-0.1, -0.05) is 6.92 Å². The lowest BCUT2D eigenvalue weighted by Crippen LogP contribution is -2.42. The van der Waals surface area contributed by atoms with E-state index in [9.17, 15) is 8.42 Å². The van der Waals surface area contributed by atoms with E-state index in [0.29, 0.717) is 36.1 Å². The zero-order valence-electron chi connectivity index (χ0n) is 11.8. The van der Waals surface area contributed by atoms with E-state index in [4.69, 9.17) is 10.5 Å². The van der Waals surface area contributed by atoms with Gasteiger partial charge in [0.2, 0.25) is 0 Å². The van der Waals surface area contributed by atoms with E-state index in [2.05, 4.69) is 11.6 Å². The van der Waals surface area contributed by atoms with Crippen molar-refractivity contribution in [1.82, 2.24) is 4.31 Å². The molecule has 0 amide bonds. The first-order valence-corrected chi connectivity index (χ1v) is 8.08. The van der Waals surface area contributed by atoms with Crippen LogP contribution in [0.5, 0.6) is 5.75 Å². The summed E-state index contributed by atoms with van der Waals surface area (Å²) in [6.45, 7) is 3.16. The van der Waals surface area contributed by atoms with Crippen LogP contribution < -0.4 is 15.2 Å². The van der Waals surface area contributed by atoms with Crippen molar-refractivity contribution in [3.63, 3.8) is 0 Å². The molecule has 2 rings (SSSR count). The highest BCUT2D eigenvalue weighted by Crippen LogP contribution is 2.26. The Morgan fingerprint density at radius 1 is 1.45 bits per heavy atom. The second kappa shape index (κ2) is 5.88. The predicted octanol–water partition coefficient (Wildman–Crippen LogP) is 1.67. The van der Waals surface area contributed by atoms with Crippen molar-refractivity contribution in [2.45, 2.75) is 19.8 Å². The van der Waals surface area contributed by atoms with Crippen LogP contribution in [0.4, 0.5) is 11.4 Å². The van der Waals surface area contributed by atoms with Crippen molar-refractivity contribution in [3.05, 3.63) is 18.2 Å². The number of nitrogens with zero attached hydrogens (tertiary/aromatic N) is 1. The van der Waals surface area contributed by atoms with Crippen molar-refractivity contribution in [3.8, 4) is 5.75 Å². The monoisotopic (exact) mass is 299 g/mol. The fourth-order valence-electron chi connectivity index (χ4n) is 2.33. The van der Waals surface area contributed by atoms with Gasteiger partial charge in [-0.15, -0.1) is 0 Å². The van der Waals surface area contributed by atoms with Gasteiger partial charge in [0.25, 0.3) is 0 Å². The molecule has 1 aliphatic rings. The first kappa shape index (κ1) is 14.9. The molecule has 20 heavy (non-hydrogen) atoms. The maximum Gasteiger partial charge on any atom is 0.301 e. The average molecular weight is 299 g/mol. The molecular weight excluding hydrogens is 278 g/mol. The van der Waals surface area contributed by atoms with Gasteiger partial charge in [-0.25, -0.2) is 0 Å². The molecule has 1 atom stereocenters. The quantitative estimate of drug-likeness (QED) is 0.828. The summed E-state index contributed by atoms with van der Waals surface area (Å²) in [6.07, 6.45) is 1.96. The van der Waals surface area contributed by atoms with Gasteiger partial charge in [-0.3, -0.25) is 4.72 Å². The first-order chi connectivity index (χ1) is 9.42. The molecule has 0 spiro atoms. The molecule has 3 N–H and O–H groups in total. The number of piperidine rings is 1. The van der Waals surface area contributed by atoms with Gasteiger partial charge in [-0.2, -0.15) is 12.7 Å². The van der Waals surface area contributed by atoms with Crippen LogP contribution in [0.1, 0.15) is 19.8 Å². The Hall–Kier alpha value is -1.47. The van der Waals surface area contributed by atoms with Crippen LogP contribution in [0.3, 0.4) is 0 Å². The summed E-state index contributed by atoms with van der Waals surface area (Å²) >= 11 is 0. The Labute approximate surface area is 120 Å². The summed E-state index contributed by atoms with van der Waals surface area (Å²) in [5.74, 6) is 0.977. The molecule has 7 heteroatoms. The Morgan fingerprint density at radius 2 is 2.20 bits per heavy atom. The van der Waals surface area contributed by atoms with E-state index < -0.39 is 10.2 Å². The van der Waals surface area contributed by atoms with Crippen LogP contribution in [0, 0.1) is 5.92 Å². The summed E-state index contributed by atoms with van der Waals surface area (Å²) in [5, 5.41) is 0. The molecule has 1 unspecified atom stereocenters. The minimum absolute atomic E-state index is 0.345. The molecule has 0 bridgehead atoms. The number of nitrogens with two attached hydrogens (primary N) is 1. The van der Waals surface area contributed by atoms with E-state index in [0.717, 1.165) is 12.8 Å². The summed E-state index contributed by atoms with van der Waals surface area (Å²) < 4.78 is 33.7. The number of rotatable bonds is 4. The van der Waals surface area contributed by atoms with Crippen molar-refractivity contribution in [2.75, 3.05) is 30.7 Å². The van der Waals surface area contributed by atoms with E-state index in [-0.39, 0.29) is 0 Å². The summed E-state index contributed by atoms with van der Waals surface area (Å²) in [7, 11) is -2.01. The molecule has 1 aromatic carbocycles. The lowest BCUT2D eigenvalue weighted by Gasteiger charge is -2.30. The Kier molecular flexibility index (Phi) is 4.39. The zero-order chi connectivity index (χ0) is 14.8. The molecule has 1 aliphatic heterocycles. The largest absolute Gasteiger partial charge is 0.497 e. The van der Waals surface area contributed by atoms with Crippen LogP contribution in [-0.2, 0) is 10.2 Å². The molecule has 1 fully saturated rings. The van der Waals surface area contributed by atoms with Gasteiger partial charge in [0.15, 0.2) is 0 Å². The van der Waals surface area contributed by atoms with Crippen LogP contribution in [0.2, 0.25) is 0 Å². The number of nitrogens with one attached hydrogen (secondary N) is 1. The third-order valence-electron chi connectivity index (χ3n) is 3.46. The van der Waals surface area contributed by atoms with E-state index >= 15 is 0 Å². The average Bonchev–Trinajstić information content (AvgIpc) is 2.41. The standard InChI is InChI=1S/C13H21N3O3S/c1-10-4-3-7-16(9-10)20(17,18)15-13-6-5-11(19-2)8-12(13)14/h5-6,8,10,15H,3-4,7,9,14H2,1-2H3. The van der Waals surface area contributed by atoms with E-state index in [1.165, 1.54) is 11.4 Å². The van der Waals surface area contributed by atoms with E-state index in [1.54, 1.807) is 18.2 Å². The number of hydrogen-bond donors (Lipinski definition) is 2. The highest BCUT2D eigenvalue weighted by atomic mass is 32.2. The number of methoxy groups -OCH3 is 1. The summed E-state index contributed by atoms with van der Waals surface area (Å²) in [6, 6.07) is 4.88. The minimum Gasteiger partial charge on any atom is -0.497 e. The van der Waals surface area contributed by atoms with Crippen LogP contribution in [0.15, 0.2) is 18.2 Å². The van der Waals surface area contributed by atoms with Crippen molar-refractivity contribution in [1.29, 1.82) is 0 Å². The minimum atomic E-state index is -3.55. The number of benzene rings is 1. The number of anilines is 2. The molecule has 0 radical (unpaired) electrons. The lowest BCUT2D eigenvalue weighted by molar-refractivity contribution is 0.282. The fraction of sp³-hybridized carbons (Fsp3) is 0.538. The number of hydrogen-bond acceptors (Lipinski definition) is 4. The van der Waals surface area contributed by atoms with Gasteiger partial charge < -0.3 is 10.5 Å². The smallest absolute Gasteiger partial charge is 0.301 e. The van der Waals surface area contributed by atoms with Crippen LogP contribution >= 0.6 is 0 Å². The molecule has 112 valence electrons. The van der Waals surface area contributed by atoms with Crippen molar-refractivity contribution >= 4 is 21.6 Å². The molecule has 0 aliphatic carbocycles. The second-order valence-electron chi connectivity index (χ2n) is 5.17. The fourth-order valence-corrected chi connectivity index (χ4v) is 3.74. The lowest BCUT2D eigenvalue weighted by atomic mass is 10.0. The highest BCUT2D eigenvalue weighted by Gasteiger charge is 2.27. The summed E-state index contributed by atoms with van der Waals surface area (Å²) in [4.78, 5) is 0. The third-order valence-corrected chi connectivity index (χ3v) is 4.95. The molecule has 1 aromatic rings. The molecule has 1 heterocycles. The van der Waals surface area contributed by atoms with E-state index in [1.807, 2.05) is 0 Å². The third kappa shape index (κ3) is 3.34. The molecule has 6 nitrogen and oxygen atoms in total. The number of nitrogen functional groups attached to an aromatic ring is 1. The zero-order valence-corrected chi connectivity index (χ0v) is 12.6. The predicted molar refractivity (Wildman–Crippen MR) is 79.9 cm³/mol. The normalized spacial score (nSPS) is 20.6. The van der Waals surface area contributed by atoms with Crippen LogP contribution in [0.25, 0.3) is 0 Å². The molecule has 1 saturated heterocycles. The first-order valence-electron chi connectivity index (χ1n) is 6.64. The van der Waals surface area contributed by atoms with Gasteiger partial charge in [0, 0.05) is 19.2 Å². The Bertz CT molecular complexity index is 574. The summed E-state index contributed by atoms with van der Waals surface area (Å²) in [5.41, 5.74) is 6.56. The van der Waals surface area contributed by atoms with Crippen molar-refractivity contribution < 1.29 is 13.2 Å². The highest BCUT2D eigenvalue weighted by molar-refractivity contribution is 7.90. The van der Waals surface area contributed by atoms with Gasteiger partial charge in [-0.05, 0) is 30.9 Å². The SMILES string of the molecule is COc1ccc(NS(=O)(=O)N2CCCC(C)C2)c(N)c1. The Balaban J connectivity index is 2.15. The molecule has 0 saturated carbocycles. The van der Waals surface area contributed by atoms with Crippen molar-refractivity contribution in [2.24, 2.45) is 5.92 Å². The maximum atomic E-state index is 12.3. The second-order valence-corrected chi connectivity index (χ2v) is 6.84. The van der Waals surface area contributed by atoms with Gasteiger partial charge in [0.1, 0.15) is 5.75 Å². The molecular formula is C13H21N3O3S.